The van der Waals surface area contributed by atoms with Gasteiger partial charge in [0.2, 0.25) is 5.82 Å². The molecule has 7 heteroatoms. The molecule has 1 aromatic heterocycles. The van der Waals surface area contributed by atoms with Gasteiger partial charge >= 0.3 is 0 Å². The van der Waals surface area contributed by atoms with Gasteiger partial charge in [-0.15, -0.1) is 5.10 Å². The van der Waals surface area contributed by atoms with Crippen LogP contribution in [0.1, 0.15) is 64.7 Å². The molecule has 3 atom stereocenters. The molecule has 148 valence electrons. The zero-order valence-electron chi connectivity index (χ0n) is 15.9. The lowest BCUT2D eigenvalue weighted by Gasteiger charge is -2.34. The predicted molar refractivity (Wildman–Crippen MR) is 103 cm³/mol. The van der Waals surface area contributed by atoms with Gasteiger partial charge in [-0.2, -0.15) is 0 Å². The number of carbonyl (C=O) groups excluding carboxylic acids is 1. The Balaban J connectivity index is 1.47. The largest absolute Gasteiger partial charge is 0.329 e. The van der Waals surface area contributed by atoms with Gasteiger partial charge in [0.1, 0.15) is 5.82 Å². The number of hydrogen-bond donors (Lipinski definition) is 0. The SMILES string of the molecule is CC1c2c(F)cccc2CCN1C(=O)c1nc2n(n1)[C@H](c1ccccc1)C[C@@H]2F. The summed E-state index contributed by atoms with van der Waals surface area (Å²) in [5.74, 6) is -0.568. The predicted octanol–water partition coefficient (Wildman–Crippen LogP) is 4.18. The van der Waals surface area contributed by atoms with E-state index in [0.717, 1.165) is 11.1 Å². The zero-order chi connectivity index (χ0) is 20.1. The van der Waals surface area contributed by atoms with Crippen molar-refractivity contribution < 1.29 is 13.6 Å². The van der Waals surface area contributed by atoms with Crippen molar-refractivity contribution in [3.8, 4) is 0 Å². The summed E-state index contributed by atoms with van der Waals surface area (Å²) in [7, 11) is 0. The first-order valence-corrected chi connectivity index (χ1v) is 9.78. The first kappa shape index (κ1) is 18.0. The average Bonchev–Trinajstić information content (AvgIpc) is 3.29. The van der Waals surface area contributed by atoms with Crippen molar-refractivity contribution in [2.24, 2.45) is 0 Å². The highest BCUT2D eigenvalue weighted by Gasteiger charge is 2.38. The lowest BCUT2D eigenvalue weighted by atomic mass is 9.93. The molecule has 5 nitrogen and oxygen atoms in total. The summed E-state index contributed by atoms with van der Waals surface area (Å²) < 4.78 is 30.5. The Labute approximate surface area is 167 Å². The Morgan fingerprint density at radius 3 is 2.72 bits per heavy atom. The number of aromatic nitrogens is 3. The Bertz CT molecular complexity index is 1080. The number of nitrogens with zero attached hydrogens (tertiary/aromatic N) is 4. The number of rotatable bonds is 2. The smallest absolute Gasteiger partial charge is 0.294 e. The van der Waals surface area contributed by atoms with Crippen LogP contribution in [0.3, 0.4) is 0 Å². The first-order chi connectivity index (χ1) is 14.0. The van der Waals surface area contributed by atoms with Crippen LogP contribution in [-0.2, 0) is 6.42 Å². The van der Waals surface area contributed by atoms with Gasteiger partial charge in [0, 0.05) is 18.5 Å². The van der Waals surface area contributed by atoms with Crippen molar-refractivity contribution in [1.82, 2.24) is 19.7 Å². The Morgan fingerprint density at radius 2 is 1.93 bits per heavy atom. The topological polar surface area (TPSA) is 51.0 Å². The minimum atomic E-state index is -1.27. The van der Waals surface area contributed by atoms with Gasteiger partial charge in [0.25, 0.3) is 5.91 Å². The standard InChI is InChI=1S/C22H20F2N4O/c1-13-19-15(8-5-9-16(19)23)10-11-27(13)22(29)20-25-21-17(24)12-18(28(21)26-20)14-6-3-2-4-7-14/h2-9,13,17-18H,10-12H2,1H3/t13?,17-,18-/m0/s1. The van der Waals surface area contributed by atoms with E-state index in [1.807, 2.05) is 36.4 Å². The van der Waals surface area contributed by atoms with Crippen LogP contribution in [0.25, 0.3) is 0 Å². The van der Waals surface area contributed by atoms with Crippen molar-refractivity contribution in [2.75, 3.05) is 6.54 Å². The van der Waals surface area contributed by atoms with E-state index in [0.29, 0.717) is 18.5 Å². The van der Waals surface area contributed by atoms with Crippen LogP contribution in [0.2, 0.25) is 0 Å². The maximum absolute atomic E-state index is 14.6. The Kier molecular flexibility index (Phi) is 4.19. The molecule has 0 saturated carbocycles. The fraction of sp³-hybridized carbons (Fsp3) is 0.318. The summed E-state index contributed by atoms with van der Waals surface area (Å²) in [6.07, 6.45) is -0.451. The first-order valence-electron chi connectivity index (χ1n) is 9.78. The quantitative estimate of drug-likeness (QED) is 0.655. The van der Waals surface area contributed by atoms with Gasteiger partial charge in [-0.25, -0.2) is 18.4 Å². The maximum Gasteiger partial charge on any atom is 0.294 e. The highest BCUT2D eigenvalue weighted by Crippen LogP contribution is 2.39. The van der Waals surface area contributed by atoms with E-state index < -0.39 is 18.1 Å². The lowest BCUT2D eigenvalue weighted by Crippen LogP contribution is -2.40. The molecule has 0 N–H and O–H groups in total. The molecule has 0 bridgehead atoms. The van der Waals surface area contributed by atoms with Crippen LogP contribution in [-0.4, -0.2) is 32.1 Å². The monoisotopic (exact) mass is 394 g/mol. The number of carbonyl (C=O) groups is 1. The fourth-order valence-corrected chi connectivity index (χ4v) is 4.49. The molecular weight excluding hydrogens is 374 g/mol. The Morgan fingerprint density at radius 1 is 1.14 bits per heavy atom. The number of fused-ring (bicyclic) bond motifs is 2. The van der Waals surface area contributed by atoms with Crippen molar-refractivity contribution >= 4 is 5.91 Å². The molecule has 0 spiro atoms. The molecule has 2 aliphatic rings. The summed E-state index contributed by atoms with van der Waals surface area (Å²) in [5.41, 5.74) is 2.37. The number of alkyl halides is 1. The second kappa shape index (κ2) is 6.76. The average molecular weight is 394 g/mol. The Hall–Kier alpha value is -3.09. The van der Waals surface area contributed by atoms with Gasteiger partial charge in [-0.1, -0.05) is 42.5 Å². The number of hydrogen-bond acceptors (Lipinski definition) is 3. The molecule has 2 aliphatic heterocycles. The molecule has 3 aromatic rings. The molecule has 0 fully saturated rings. The van der Waals surface area contributed by atoms with Gasteiger partial charge < -0.3 is 4.90 Å². The third-order valence-corrected chi connectivity index (χ3v) is 5.95. The van der Waals surface area contributed by atoms with Crippen LogP contribution in [0.15, 0.2) is 48.5 Å². The highest BCUT2D eigenvalue weighted by molar-refractivity contribution is 5.91. The number of amides is 1. The van der Waals surface area contributed by atoms with E-state index in [9.17, 15) is 13.6 Å². The normalized spacial score (nSPS) is 23.0. The summed E-state index contributed by atoms with van der Waals surface area (Å²) in [4.78, 5) is 18.9. The molecule has 3 heterocycles. The second-order valence-corrected chi connectivity index (χ2v) is 7.61. The van der Waals surface area contributed by atoms with E-state index in [4.69, 9.17) is 0 Å². The van der Waals surface area contributed by atoms with E-state index in [1.165, 1.54) is 10.7 Å². The number of benzene rings is 2. The molecule has 0 aliphatic carbocycles. The van der Waals surface area contributed by atoms with Crippen LogP contribution in [0.4, 0.5) is 8.78 Å². The van der Waals surface area contributed by atoms with Crippen molar-refractivity contribution in [1.29, 1.82) is 0 Å². The van der Waals surface area contributed by atoms with Crippen LogP contribution >= 0.6 is 0 Å². The zero-order valence-corrected chi connectivity index (χ0v) is 15.9. The minimum absolute atomic E-state index is 0.0325. The molecule has 0 saturated heterocycles. The van der Waals surface area contributed by atoms with Gasteiger partial charge in [-0.05, 0) is 30.5 Å². The third kappa shape index (κ3) is 2.84. The molecule has 1 unspecified atom stereocenters. The van der Waals surface area contributed by atoms with Crippen molar-refractivity contribution in [2.45, 2.75) is 38.0 Å². The molecule has 29 heavy (non-hydrogen) atoms. The summed E-state index contributed by atoms with van der Waals surface area (Å²) in [6, 6.07) is 13.8. The van der Waals surface area contributed by atoms with E-state index in [-0.39, 0.29) is 29.9 Å². The van der Waals surface area contributed by atoms with Gasteiger partial charge in [-0.3, -0.25) is 4.79 Å². The van der Waals surface area contributed by atoms with Gasteiger partial charge in [0.15, 0.2) is 12.0 Å². The van der Waals surface area contributed by atoms with Crippen LogP contribution in [0, 0.1) is 5.82 Å². The summed E-state index contributed by atoms with van der Waals surface area (Å²) >= 11 is 0. The molecule has 5 rings (SSSR count). The molecular formula is C22H20F2N4O. The van der Waals surface area contributed by atoms with Crippen molar-refractivity contribution in [3.05, 3.63) is 82.7 Å². The second-order valence-electron chi connectivity index (χ2n) is 7.61. The van der Waals surface area contributed by atoms with Crippen LogP contribution < -0.4 is 0 Å². The molecule has 2 aromatic carbocycles. The van der Waals surface area contributed by atoms with E-state index in [1.54, 1.807) is 17.9 Å². The fourth-order valence-electron chi connectivity index (χ4n) is 4.49. The maximum atomic E-state index is 14.6. The third-order valence-electron chi connectivity index (χ3n) is 5.95. The van der Waals surface area contributed by atoms with Crippen molar-refractivity contribution in [3.63, 3.8) is 0 Å². The minimum Gasteiger partial charge on any atom is -0.329 e. The number of halogens is 2. The van der Waals surface area contributed by atoms with Crippen LogP contribution in [0.5, 0.6) is 0 Å². The molecule has 1 amide bonds. The van der Waals surface area contributed by atoms with E-state index in [2.05, 4.69) is 10.1 Å². The lowest BCUT2D eigenvalue weighted by molar-refractivity contribution is 0.0660. The summed E-state index contributed by atoms with van der Waals surface area (Å²) in [6.45, 7) is 2.25. The highest BCUT2D eigenvalue weighted by atomic mass is 19.1. The van der Waals surface area contributed by atoms with E-state index >= 15 is 0 Å². The van der Waals surface area contributed by atoms with Gasteiger partial charge in [0.05, 0.1) is 12.1 Å². The molecule has 0 radical (unpaired) electrons. The summed E-state index contributed by atoms with van der Waals surface area (Å²) in [5, 5.41) is 4.37.